The molecule has 9 heteroatoms. The molecule has 1 aliphatic rings. The van der Waals surface area contributed by atoms with Gasteiger partial charge in [0.1, 0.15) is 24.4 Å². The van der Waals surface area contributed by atoms with E-state index < -0.39 is 49.5 Å². The van der Waals surface area contributed by atoms with Crippen molar-refractivity contribution in [2.24, 2.45) is 0 Å². The Kier molecular flexibility index (Phi) is 45.5. The van der Waals surface area contributed by atoms with Crippen molar-refractivity contribution in [3.05, 3.63) is 36.5 Å². The summed E-state index contributed by atoms with van der Waals surface area (Å²) in [6, 6.07) is -0.824. The fourth-order valence-electron chi connectivity index (χ4n) is 9.11. The maximum atomic E-state index is 13.0. The van der Waals surface area contributed by atoms with Crippen LogP contribution in [0.4, 0.5) is 0 Å². The van der Waals surface area contributed by atoms with E-state index in [1.165, 1.54) is 199 Å². The van der Waals surface area contributed by atoms with Crippen LogP contribution >= 0.6 is 0 Å². The molecular weight excluding hydrogens is 839 g/mol. The summed E-state index contributed by atoms with van der Waals surface area (Å²) in [6.07, 6.45) is 55.0. The summed E-state index contributed by atoms with van der Waals surface area (Å²) in [7, 11) is 0. The van der Waals surface area contributed by atoms with Crippen LogP contribution in [0, 0.1) is 0 Å². The van der Waals surface area contributed by atoms with Gasteiger partial charge in [-0.15, -0.1) is 0 Å². The molecule has 0 spiro atoms. The molecule has 0 aromatic carbocycles. The summed E-state index contributed by atoms with van der Waals surface area (Å²) in [5, 5.41) is 54.5. The van der Waals surface area contributed by atoms with E-state index in [2.05, 4.69) is 43.5 Å². The van der Waals surface area contributed by atoms with Crippen LogP contribution in [0.1, 0.15) is 271 Å². The Hall–Kier alpha value is -1.59. The highest BCUT2D eigenvalue weighted by Gasteiger charge is 2.44. The number of nitrogens with one attached hydrogen (secondary N) is 1. The van der Waals surface area contributed by atoms with Crippen LogP contribution in [-0.2, 0) is 14.3 Å². The summed E-state index contributed by atoms with van der Waals surface area (Å²) in [6.45, 7) is 3.79. The molecule has 1 heterocycles. The third kappa shape index (κ3) is 37.9. The summed E-state index contributed by atoms with van der Waals surface area (Å²) in [5.41, 5.74) is 0. The smallest absolute Gasteiger partial charge is 0.220 e. The highest BCUT2D eigenvalue weighted by atomic mass is 16.7. The maximum Gasteiger partial charge on any atom is 0.220 e. The van der Waals surface area contributed by atoms with E-state index in [4.69, 9.17) is 9.47 Å². The fraction of sp³-hybridized carbons (Fsp3) is 0.879. The van der Waals surface area contributed by atoms with E-state index >= 15 is 0 Å². The van der Waals surface area contributed by atoms with Crippen molar-refractivity contribution in [3.63, 3.8) is 0 Å². The third-order valence-corrected chi connectivity index (χ3v) is 13.7. The average Bonchev–Trinajstić information content (AvgIpc) is 3.33. The topological polar surface area (TPSA) is 149 Å². The van der Waals surface area contributed by atoms with E-state index in [1.54, 1.807) is 6.08 Å². The monoisotopic (exact) mass is 948 g/mol. The maximum absolute atomic E-state index is 13.0. The van der Waals surface area contributed by atoms with Crippen molar-refractivity contribution in [2.45, 2.75) is 314 Å². The Morgan fingerprint density at radius 3 is 1.25 bits per heavy atom. The number of amides is 1. The number of unbranched alkanes of at least 4 members (excludes halogenated alkanes) is 35. The highest BCUT2D eigenvalue weighted by molar-refractivity contribution is 5.76. The van der Waals surface area contributed by atoms with Gasteiger partial charge >= 0.3 is 0 Å². The molecule has 0 aromatic rings. The number of hydrogen-bond donors (Lipinski definition) is 6. The van der Waals surface area contributed by atoms with Gasteiger partial charge in [0.05, 0.1) is 25.4 Å². The zero-order valence-corrected chi connectivity index (χ0v) is 43.7. The first-order valence-electron chi connectivity index (χ1n) is 28.7. The van der Waals surface area contributed by atoms with Crippen molar-refractivity contribution in [1.29, 1.82) is 0 Å². The van der Waals surface area contributed by atoms with Crippen LogP contribution in [0.25, 0.3) is 0 Å². The Bertz CT molecular complexity index is 1150. The number of aliphatic hydroxyl groups excluding tert-OH is 5. The molecule has 0 saturated carbocycles. The largest absolute Gasteiger partial charge is 0.394 e. The van der Waals surface area contributed by atoms with Gasteiger partial charge in [0.25, 0.3) is 0 Å². The van der Waals surface area contributed by atoms with Gasteiger partial charge in [0, 0.05) is 6.42 Å². The van der Waals surface area contributed by atoms with Crippen LogP contribution in [0.3, 0.4) is 0 Å². The molecule has 0 aromatic heterocycles. The first kappa shape index (κ1) is 63.4. The molecule has 9 nitrogen and oxygen atoms in total. The normalized spacial score (nSPS) is 19.9. The fourth-order valence-corrected chi connectivity index (χ4v) is 9.11. The molecule has 1 rings (SSSR count). The third-order valence-electron chi connectivity index (χ3n) is 13.7. The van der Waals surface area contributed by atoms with Gasteiger partial charge in [-0.25, -0.2) is 0 Å². The average molecular weight is 949 g/mol. The molecular formula is C58H109NO8. The number of allylic oxidation sites excluding steroid dienone is 5. The lowest BCUT2D eigenvalue weighted by molar-refractivity contribution is -0.302. The minimum Gasteiger partial charge on any atom is -0.394 e. The number of carbonyl (C=O) groups is 1. The first-order chi connectivity index (χ1) is 32.8. The van der Waals surface area contributed by atoms with Gasteiger partial charge in [-0.2, -0.15) is 0 Å². The predicted molar refractivity (Wildman–Crippen MR) is 281 cm³/mol. The second-order valence-corrected chi connectivity index (χ2v) is 20.1. The molecule has 1 fully saturated rings. The number of hydrogen-bond acceptors (Lipinski definition) is 8. The van der Waals surface area contributed by atoms with Gasteiger partial charge in [-0.05, 0) is 57.8 Å². The number of aliphatic hydroxyl groups is 5. The molecule has 67 heavy (non-hydrogen) atoms. The van der Waals surface area contributed by atoms with Crippen molar-refractivity contribution >= 4 is 5.91 Å². The standard InChI is InChI=1S/C58H109NO8/c1-3-5-7-9-11-13-15-17-19-21-23-25-26-28-30-32-34-36-38-40-42-44-46-48-54(62)59-51(50-66-58-57(65)56(64)55(63)53(49-60)67-58)52(61)47-45-43-41-39-37-35-33-31-29-27-24-22-20-18-16-14-12-10-8-6-4-2/h28,30,37,39,45,47,51-53,55-58,60-61,63-65H,3-27,29,31-36,38,40-44,46,48-50H2,1-2H3,(H,59,62)/b30-28-,39-37+,47-45+. The second kappa shape index (κ2) is 48.1. The SMILES string of the molecule is CCCCCCCCCCCCCC/C=C\CCCCCCCCCC(=O)NC(COC1OC(CO)C(O)C(O)C1O)C(O)/C=C/CC/C=C/CCCCCCCCCCCCCCCCC. The summed E-state index contributed by atoms with van der Waals surface area (Å²) < 4.78 is 11.3. The molecule has 6 N–H and O–H groups in total. The lowest BCUT2D eigenvalue weighted by Gasteiger charge is -2.40. The highest BCUT2D eigenvalue weighted by Crippen LogP contribution is 2.23. The van der Waals surface area contributed by atoms with E-state index in [9.17, 15) is 30.3 Å². The molecule has 1 saturated heterocycles. The van der Waals surface area contributed by atoms with Gasteiger partial charge in [-0.1, -0.05) is 243 Å². The van der Waals surface area contributed by atoms with E-state index in [0.29, 0.717) is 6.42 Å². The number of ether oxygens (including phenoxy) is 2. The lowest BCUT2D eigenvalue weighted by atomic mass is 9.99. The quantitative estimate of drug-likeness (QED) is 0.0261. The van der Waals surface area contributed by atoms with Gasteiger partial charge < -0.3 is 40.3 Å². The van der Waals surface area contributed by atoms with Crippen molar-refractivity contribution < 1.29 is 39.8 Å². The molecule has 0 bridgehead atoms. The second-order valence-electron chi connectivity index (χ2n) is 20.1. The molecule has 7 unspecified atom stereocenters. The van der Waals surface area contributed by atoms with E-state index in [1.807, 2.05) is 6.08 Å². The van der Waals surface area contributed by atoms with Crippen molar-refractivity contribution in [1.82, 2.24) is 5.32 Å². The minimum absolute atomic E-state index is 0.188. The minimum atomic E-state index is -1.57. The van der Waals surface area contributed by atoms with Gasteiger partial charge in [0.2, 0.25) is 5.91 Å². The zero-order valence-electron chi connectivity index (χ0n) is 43.7. The van der Waals surface area contributed by atoms with Crippen LogP contribution in [0.5, 0.6) is 0 Å². The molecule has 1 aliphatic heterocycles. The van der Waals surface area contributed by atoms with Gasteiger partial charge in [0.15, 0.2) is 6.29 Å². The first-order valence-corrected chi connectivity index (χ1v) is 28.7. The Labute approximate surface area is 412 Å². The Morgan fingerprint density at radius 2 is 0.851 bits per heavy atom. The molecule has 0 aliphatic carbocycles. The van der Waals surface area contributed by atoms with Crippen molar-refractivity contribution in [2.75, 3.05) is 13.2 Å². The number of rotatable bonds is 49. The zero-order chi connectivity index (χ0) is 48.7. The summed E-state index contributed by atoms with van der Waals surface area (Å²) >= 11 is 0. The van der Waals surface area contributed by atoms with E-state index in [-0.39, 0.29) is 12.5 Å². The predicted octanol–water partition coefficient (Wildman–Crippen LogP) is 14.0. The van der Waals surface area contributed by atoms with Crippen LogP contribution in [-0.4, -0.2) is 87.5 Å². The number of carbonyl (C=O) groups excluding carboxylic acids is 1. The molecule has 394 valence electrons. The van der Waals surface area contributed by atoms with Crippen molar-refractivity contribution in [3.8, 4) is 0 Å². The van der Waals surface area contributed by atoms with Crippen LogP contribution in [0.2, 0.25) is 0 Å². The summed E-state index contributed by atoms with van der Waals surface area (Å²) in [5.74, 6) is -0.188. The Balaban J connectivity index is 2.26. The molecule has 1 amide bonds. The van der Waals surface area contributed by atoms with Gasteiger partial charge in [-0.3, -0.25) is 4.79 Å². The molecule has 7 atom stereocenters. The van der Waals surface area contributed by atoms with Crippen LogP contribution < -0.4 is 5.32 Å². The molecule has 0 radical (unpaired) electrons. The van der Waals surface area contributed by atoms with Crippen LogP contribution in [0.15, 0.2) is 36.5 Å². The summed E-state index contributed by atoms with van der Waals surface area (Å²) in [4.78, 5) is 13.0. The Morgan fingerprint density at radius 1 is 0.493 bits per heavy atom. The lowest BCUT2D eigenvalue weighted by Crippen LogP contribution is -2.60. The van der Waals surface area contributed by atoms with E-state index in [0.717, 1.165) is 51.4 Å².